The normalized spacial score (nSPS) is 14.6. The van der Waals surface area contributed by atoms with Crippen LogP contribution in [0.5, 0.6) is 0 Å². The van der Waals surface area contributed by atoms with E-state index in [0.29, 0.717) is 5.15 Å². The number of halogens is 1. The highest BCUT2D eigenvalue weighted by Gasteiger charge is 2.21. The van der Waals surface area contributed by atoms with Crippen molar-refractivity contribution < 1.29 is 4.74 Å². The van der Waals surface area contributed by atoms with Crippen LogP contribution >= 0.6 is 11.6 Å². The van der Waals surface area contributed by atoms with Gasteiger partial charge in [-0.3, -0.25) is 0 Å². The summed E-state index contributed by atoms with van der Waals surface area (Å²) >= 11 is 6.20. The quantitative estimate of drug-likeness (QED) is 0.545. The van der Waals surface area contributed by atoms with Gasteiger partial charge in [-0.15, -0.1) is 0 Å². The summed E-state index contributed by atoms with van der Waals surface area (Å²) in [4.78, 5) is 11.1. The summed E-state index contributed by atoms with van der Waals surface area (Å²) in [6, 6.07) is 0. The fraction of sp³-hybridized carbons (Fsp3) is 0.733. The minimum Gasteiger partial charge on any atom is -0.379 e. The van der Waals surface area contributed by atoms with Crippen molar-refractivity contribution in [1.29, 1.82) is 0 Å². The number of aryl methyl sites for hydroxylation is 1. The zero-order chi connectivity index (χ0) is 14.5. The number of rotatable bonds is 8. The molecule has 1 fully saturated rings. The molecule has 0 saturated heterocycles. The lowest BCUT2D eigenvalue weighted by molar-refractivity contribution is 0.130. The van der Waals surface area contributed by atoms with Crippen LogP contribution in [-0.2, 0) is 11.2 Å². The van der Waals surface area contributed by atoms with Crippen LogP contribution in [0.25, 0.3) is 0 Å². The fourth-order valence-corrected chi connectivity index (χ4v) is 2.25. The second-order valence-electron chi connectivity index (χ2n) is 5.57. The van der Waals surface area contributed by atoms with E-state index in [1.54, 1.807) is 0 Å². The van der Waals surface area contributed by atoms with Gasteiger partial charge in [-0.1, -0.05) is 18.5 Å². The number of hydrogen-bond donors (Lipinski definition) is 0. The van der Waals surface area contributed by atoms with Crippen molar-refractivity contribution in [3.63, 3.8) is 0 Å². The zero-order valence-corrected chi connectivity index (χ0v) is 13.4. The van der Waals surface area contributed by atoms with Crippen LogP contribution in [0.15, 0.2) is 0 Å². The molecule has 0 bridgehead atoms. The van der Waals surface area contributed by atoms with E-state index in [4.69, 9.17) is 16.3 Å². The van der Waals surface area contributed by atoms with Crippen molar-refractivity contribution >= 4 is 17.4 Å². The molecule has 0 amide bonds. The molecule has 4 nitrogen and oxygen atoms in total. The molecule has 1 heterocycles. The van der Waals surface area contributed by atoms with Gasteiger partial charge >= 0.3 is 0 Å². The van der Waals surface area contributed by atoms with Crippen molar-refractivity contribution in [3.05, 3.63) is 16.5 Å². The Morgan fingerprint density at radius 2 is 2.10 bits per heavy atom. The van der Waals surface area contributed by atoms with Gasteiger partial charge in [-0.05, 0) is 32.1 Å². The summed E-state index contributed by atoms with van der Waals surface area (Å²) in [6.07, 6.45) is 4.54. The monoisotopic (exact) mass is 297 g/mol. The lowest BCUT2D eigenvalue weighted by Crippen LogP contribution is -2.25. The summed E-state index contributed by atoms with van der Waals surface area (Å²) in [6.45, 7) is 6.54. The number of hydrogen-bond acceptors (Lipinski definition) is 4. The van der Waals surface area contributed by atoms with Gasteiger partial charge < -0.3 is 9.64 Å². The van der Waals surface area contributed by atoms with Crippen LogP contribution in [-0.4, -0.2) is 36.8 Å². The first-order valence-electron chi connectivity index (χ1n) is 7.43. The number of nitrogens with zero attached hydrogens (tertiary/aromatic N) is 3. The van der Waals surface area contributed by atoms with E-state index >= 15 is 0 Å². The largest absolute Gasteiger partial charge is 0.379 e. The summed E-state index contributed by atoms with van der Waals surface area (Å²) < 4.78 is 5.68. The highest BCUT2D eigenvalue weighted by Crippen LogP contribution is 2.28. The Kier molecular flexibility index (Phi) is 5.61. The zero-order valence-electron chi connectivity index (χ0n) is 12.7. The van der Waals surface area contributed by atoms with Crippen LogP contribution in [0, 0.1) is 12.8 Å². The van der Waals surface area contributed by atoms with E-state index < -0.39 is 0 Å². The van der Waals surface area contributed by atoms with Gasteiger partial charge in [0, 0.05) is 32.2 Å². The molecule has 0 unspecified atom stereocenters. The van der Waals surface area contributed by atoms with Crippen LogP contribution in [0.4, 0.5) is 5.82 Å². The molecule has 2 rings (SSSR count). The molecule has 0 radical (unpaired) electrons. The van der Waals surface area contributed by atoms with Gasteiger partial charge in [0.05, 0.1) is 6.61 Å². The molecule has 112 valence electrons. The van der Waals surface area contributed by atoms with Crippen molar-refractivity contribution in [2.45, 2.75) is 39.5 Å². The fourth-order valence-electron chi connectivity index (χ4n) is 2.07. The first-order chi connectivity index (χ1) is 9.61. The van der Waals surface area contributed by atoms with Gasteiger partial charge in [0.2, 0.25) is 0 Å². The van der Waals surface area contributed by atoms with Crippen LogP contribution in [0.3, 0.4) is 0 Å². The number of anilines is 1. The van der Waals surface area contributed by atoms with Gasteiger partial charge in [0.1, 0.15) is 16.8 Å². The number of ether oxygens (including phenoxy) is 1. The van der Waals surface area contributed by atoms with E-state index in [0.717, 1.165) is 55.7 Å². The lowest BCUT2D eigenvalue weighted by Gasteiger charge is -2.21. The Hall–Kier alpha value is -0.870. The van der Waals surface area contributed by atoms with Gasteiger partial charge in [-0.2, -0.15) is 0 Å². The maximum absolute atomic E-state index is 6.20. The molecule has 0 atom stereocenters. The molecule has 0 aromatic carbocycles. The summed E-state index contributed by atoms with van der Waals surface area (Å²) in [5.74, 6) is 2.55. The van der Waals surface area contributed by atoms with Crippen LogP contribution < -0.4 is 4.90 Å². The second-order valence-corrected chi connectivity index (χ2v) is 5.93. The molecule has 1 aromatic rings. The molecule has 5 heteroatoms. The molecule has 0 spiro atoms. The topological polar surface area (TPSA) is 38.2 Å². The van der Waals surface area contributed by atoms with E-state index in [1.807, 2.05) is 14.0 Å². The average Bonchev–Trinajstić information content (AvgIpc) is 3.23. The molecular weight excluding hydrogens is 274 g/mol. The first kappa shape index (κ1) is 15.5. The second kappa shape index (κ2) is 7.23. The predicted molar refractivity (Wildman–Crippen MR) is 82.6 cm³/mol. The maximum Gasteiger partial charge on any atom is 0.137 e. The Labute approximate surface area is 126 Å². The Morgan fingerprint density at radius 1 is 1.35 bits per heavy atom. The molecule has 20 heavy (non-hydrogen) atoms. The third-order valence-electron chi connectivity index (χ3n) is 3.56. The third-order valence-corrected chi connectivity index (χ3v) is 3.93. The van der Waals surface area contributed by atoms with Crippen molar-refractivity contribution in [2.75, 3.05) is 31.7 Å². The van der Waals surface area contributed by atoms with Crippen LogP contribution in [0.2, 0.25) is 5.15 Å². The summed E-state index contributed by atoms with van der Waals surface area (Å²) in [5.41, 5.74) is 0.941. The molecule has 1 aliphatic rings. The smallest absolute Gasteiger partial charge is 0.137 e. The van der Waals surface area contributed by atoms with E-state index in [2.05, 4.69) is 21.8 Å². The minimum absolute atomic E-state index is 0.559. The highest BCUT2D eigenvalue weighted by molar-refractivity contribution is 6.30. The maximum atomic E-state index is 6.20. The number of aromatic nitrogens is 2. The SMILES string of the molecule is CCCc1nc(Cl)c(C)c(N(C)CCOCC2CC2)n1. The van der Waals surface area contributed by atoms with Crippen LogP contribution in [0.1, 0.15) is 37.6 Å². The van der Waals surface area contributed by atoms with E-state index in [9.17, 15) is 0 Å². The first-order valence-corrected chi connectivity index (χ1v) is 7.81. The molecular formula is C15H24ClN3O. The van der Waals surface area contributed by atoms with E-state index in [1.165, 1.54) is 12.8 Å². The predicted octanol–water partition coefficient (Wildman–Crippen LogP) is 3.25. The van der Waals surface area contributed by atoms with Gasteiger partial charge in [-0.25, -0.2) is 9.97 Å². The lowest BCUT2D eigenvalue weighted by atomic mass is 10.3. The highest BCUT2D eigenvalue weighted by atomic mass is 35.5. The summed E-state index contributed by atoms with van der Waals surface area (Å²) in [5, 5.41) is 0.559. The molecule has 0 N–H and O–H groups in total. The Balaban J connectivity index is 1.93. The van der Waals surface area contributed by atoms with E-state index in [-0.39, 0.29) is 0 Å². The molecule has 1 aliphatic carbocycles. The Morgan fingerprint density at radius 3 is 2.75 bits per heavy atom. The minimum atomic E-state index is 0.559. The third kappa shape index (κ3) is 4.32. The van der Waals surface area contributed by atoms with Gasteiger partial charge in [0.15, 0.2) is 0 Å². The standard InChI is InChI=1S/C15H24ClN3O/c1-4-5-13-17-14(16)11(2)15(18-13)19(3)8-9-20-10-12-6-7-12/h12H,4-10H2,1-3H3. The molecule has 1 saturated carbocycles. The average molecular weight is 298 g/mol. The molecule has 0 aliphatic heterocycles. The summed E-state index contributed by atoms with van der Waals surface area (Å²) in [7, 11) is 2.03. The molecule has 1 aromatic heterocycles. The van der Waals surface area contributed by atoms with Gasteiger partial charge in [0.25, 0.3) is 0 Å². The van der Waals surface area contributed by atoms with Crippen molar-refractivity contribution in [1.82, 2.24) is 9.97 Å². The number of likely N-dealkylation sites (N-methyl/N-ethyl adjacent to an activating group) is 1. The van der Waals surface area contributed by atoms with Crippen molar-refractivity contribution in [2.24, 2.45) is 5.92 Å². The Bertz CT molecular complexity index is 449. The van der Waals surface area contributed by atoms with Crippen molar-refractivity contribution in [3.8, 4) is 0 Å².